The van der Waals surface area contributed by atoms with E-state index in [1.165, 1.54) is 36.0 Å². The molecule has 3 N–H and O–H groups in total. The maximum absolute atomic E-state index is 5.70. The topological polar surface area (TPSA) is 38.0 Å². The summed E-state index contributed by atoms with van der Waals surface area (Å²) in [5.74, 6) is 6.67. The van der Waals surface area contributed by atoms with E-state index in [4.69, 9.17) is 5.84 Å². The van der Waals surface area contributed by atoms with Crippen LogP contribution in [0.3, 0.4) is 0 Å². The molecule has 2 rings (SSSR count). The van der Waals surface area contributed by atoms with Crippen molar-refractivity contribution in [1.29, 1.82) is 0 Å². The van der Waals surface area contributed by atoms with Crippen LogP contribution in [0.1, 0.15) is 48.4 Å². The van der Waals surface area contributed by atoms with Crippen molar-refractivity contribution < 1.29 is 0 Å². The summed E-state index contributed by atoms with van der Waals surface area (Å²) < 4.78 is 0. The maximum atomic E-state index is 5.70. The molecule has 2 heteroatoms. The van der Waals surface area contributed by atoms with Gasteiger partial charge in [0, 0.05) is 6.04 Å². The van der Waals surface area contributed by atoms with Crippen LogP contribution < -0.4 is 11.3 Å². The number of hydrazine groups is 1. The minimum Gasteiger partial charge on any atom is -0.271 e. The van der Waals surface area contributed by atoms with Crippen molar-refractivity contribution >= 4 is 0 Å². The zero-order valence-corrected chi connectivity index (χ0v) is 10.3. The zero-order chi connectivity index (χ0) is 11.5. The Morgan fingerprint density at radius 3 is 2.44 bits per heavy atom. The van der Waals surface area contributed by atoms with E-state index in [0.717, 1.165) is 12.3 Å². The van der Waals surface area contributed by atoms with E-state index in [1.807, 2.05) is 0 Å². The number of nitrogens with two attached hydrogens (primary N) is 1. The molecule has 0 radical (unpaired) electrons. The Bertz CT molecular complexity index is 336. The monoisotopic (exact) mass is 218 g/mol. The lowest BCUT2D eigenvalue weighted by atomic mass is 9.93. The molecule has 0 amide bonds. The van der Waals surface area contributed by atoms with Gasteiger partial charge in [-0.15, -0.1) is 0 Å². The minimum absolute atomic E-state index is 0.321. The summed E-state index contributed by atoms with van der Waals surface area (Å²) in [7, 11) is 0. The third-order valence-corrected chi connectivity index (χ3v) is 3.65. The fourth-order valence-corrected chi connectivity index (χ4v) is 2.50. The molecular formula is C14H22N2. The van der Waals surface area contributed by atoms with Gasteiger partial charge in [0.15, 0.2) is 0 Å². The fourth-order valence-electron chi connectivity index (χ4n) is 2.50. The molecule has 0 aromatic heterocycles. The summed E-state index contributed by atoms with van der Waals surface area (Å²) in [4.78, 5) is 0. The van der Waals surface area contributed by atoms with E-state index in [0.29, 0.717) is 6.04 Å². The molecule has 0 aliphatic heterocycles. The van der Waals surface area contributed by atoms with Crippen LogP contribution in [0.5, 0.6) is 0 Å². The Labute approximate surface area is 98.2 Å². The Balaban J connectivity index is 2.11. The molecule has 0 saturated heterocycles. The second kappa shape index (κ2) is 4.98. The van der Waals surface area contributed by atoms with Crippen molar-refractivity contribution in [2.75, 3.05) is 0 Å². The molecule has 1 aromatic rings. The van der Waals surface area contributed by atoms with E-state index in [9.17, 15) is 0 Å². The van der Waals surface area contributed by atoms with Gasteiger partial charge in [-0.1, -0.05) is 31.0 Å². The molecule has 0 heterocycles. The maximum Gasteiger partial charge on any atom is 0.0465 e. The summed E-state index contributed by atoms with van der Waals surface area (Å²) in [5.41, 5.74) is 7.07. The molecule has 1 atom stereocenters. The predicted octanol–water partition coefficient (Wildman–Crippen LogP) is 3.00. The second-order valence-corrected chi connectivity index (χ2v) is 5.05. The van der Waals surface area contributed by atoms with Crippen LogP contribution in [0.4, 0.5) is 0 Å². The van der Waals surface area contributed by atoms with E-state index in [-0.39, 0.29) is 0 Å². The third kappa shape index (κ3) is 2.63. The molecule has 16 heavy (non-hydrogen) atoms. The number of aryl methyl sites for hydroxylation is 2. The molecular weight excluding hydrogens is 196 g/mol. The van der Waals surface area contributed by atoms with E-state index in [1.54, 1.807) is 0 Å². The minimum atomic E-state index is 0.321. The lowest BCUT2D eigenvalue weighted by Crippen LogP contribution is -2.29. The van der Waals surface area contributed by atoms with Gasteiger partial charge in [0.25, 0.3) is 0 Å². The number of rotatable bonds is 5. The number of nitrogens with one attached hydrogen (secondary N) is 1. The normalized spacial score (nSPS) is 17.4. The summed E-state index contributed by atoms with van der Waals surface area (Å²) >= 11 is 0. The van der Waals surface area contributed by atoms with Crippen molar-refractivity contribution in [2.24, 2.45) is 11.8 Å². The average Bonchev–Trinajstić information content (AvgIpc) is 3.06. The van der Waals surface area contributed by atoms with Crippen LogP contribution in [0.25, 0.3) is 0 Å². The van der Waals surface area contributed by atoms with Crippen molar-refractivity contribution in [3.05, 3.63) is 34.9 Å². The third-order valence-electron chi connectivity index (χ3n) is 3.65. The van der Waals surface area contributed by atoms with Crippen LogP contribution in [0.2, 0.25) is 0 Å². The predicted molar refractivity (Wildman–Crippen MR) is 67.9 cm³/mol. The van der Waals surface area contributed by atoms with Crippen LogP contribution in [0.15, 0.2) is 18.2 Å². The van der Waals surface area contributed by atoms with Gasteiger partial charge in [-0.05, 0) is 49.3 Å². The molecule has 0 spiro atoms. The summed E-state index contributed by atoms with van der Waals surface area (Å²) in [5, 5.41) is 0. The van der Waals surface area contributed by atoms with Gasteiger partial charge in [-0.25, -0.2) is 0 Å². The number of hydrogen-bond acceptors (Lipinski definition) is 2. The first-order valence-corrected chi connectivity index (χ1v) is 6.24. The highest BCUT2D eigenvalue weighted by atomic mass is 15.2. The van der Waals surface area contributed by atoms with Gasteiger partial charge in [0.05, 0.1) is 0 Å². The average molecular weight is 218 g/mol. The Morgan fingerprint density at radius 2 is 1.94 bits per heavy atom. The van der Waals surface area contributed by atoms with E-state index >= 15 is 0 Å². The van der Waals surface area contributed by atoms with Gasteiger partial charge in [-0.3, -0.25) is 11.3 Å². The Hall–Kier alpha value is -0.860. The zero-order valence-electron chi connectivity index (χ0n) is 10.3. The molecule has 1 aliphatic carbocycles. The van der Waals surface area contributed by atoms with Gasteiger partial charge >= 0.3 is 0 Å². The van der Waals surface area contributed by atoms with Gasteiger partial charge in [0.2, 0.25) is 0 Å². The Morgan fingerprint density at radius 1 is 1.31 bits per heavy atom. The molecule has 1 unspecified atom stereocenters. The Kier molecular flexibility index (Phi) is 3.62. The van der Waals surface area contributed by atoms with Crippen molar-refractivity contribution in [3.63, 3.8) is 0 Å². The molecule has 1 aliphatic rings. The molecule has 1 aromatic carbocycles. The molecule has 1 fully saturated rings. The molecule has 1 saturated carbocycles. The van der Waals surface area contributed by atoms with Gasteiger partial charge in [0.1, 0.15) is 0 Å². The quantitative estimate of drug-likeness (QED) is 0.589. The van der Waals surface area contributed by atoms with Crippen molar-refractivity contribution in [1.82, 2.24) is 5.43 Å². The second-order valence-electron chi connectivity index (χ2n) is 5.05. The van der Waals surface area contributed by atoms with E-state index in [2.05, 4.69) is 37.5 Å². The van der Waals surface area contributed by atoms with Crippen molar-refractivity contribution in [2.45, 2.75) is 45.6 Å². The number of hydrogen-bond donors (Lipinski definition) is 2. The first-order chi connectivity index (χ1) is 7.72. The van der Waals surface area contributed by atoms with Crippen LogP contribution in [0, 0.1) is 19.8 Å². The van der Waals surface area contributed by atoms with Gasteiger partial charge in [-0.2, -0.15) is 0 Å². The smallest absolute Gasteiger partial charge is 0.0465 e. The lowest BCUT2D eigenvalue weighted by Gasteiger charge is -2.20. The first kappa shape index (κ1) is 11.6. The lowest BCUT2D eigenvalue weighted by molar-refractivity contribution is 0.478. The van der Waals surface area contributed by atoms with Crippen LogP contribution in [-0.4, -0.2) is 0 Å². The summed E-state index contributed by atoms with van der Waals surface area (Å²) in [6, 6.07) is 6.78. The molecule has 2 nitrogen and oxygen atoms in total. The largest absolute Gasteiger partial charge is 0.271 e. The van der Waals surface area contributed by atoms with Gasteiger partial charge < -0.3 is 0 Å². The fraction of sp³-hybridized carbons (Fsp3) is 0.571. The number of benzene rings is 1. The van der Waals surface area contributed by atoms with E-state index < -0.39 is 0 Å². The van der Waals surface area contributed by atoms with Crippen LogP contribution >= 0.6 is 0 Å². The highest BCUT2D eigenvalue weighted by Gasteiger charge is 2.23. The first-order valence-electron chi connectivity index (χ1n) is 6.24. The van der Waals surface area contributed by atoms with Crippen molar-refractivity contribution in [3.8, 4) is 0 Å². The summed E-state index contributed by atoms with van der Waals surface area (Å²) in [6.07, 6.45) is 5.31. The summed E-state index contributed by atoms with van der Waals surface area (Å²) in [6.45, 7) is 4.34. The molecule has 88 valence electrons. The standard InChI is InChI=1S/C14H22N2/c1-10-4-3-5-11(2)14(10)13(16-15)9-8-12-6-7-12/h3-5,12-13,16H,6-9,15H2,1-2H3. The highest BCUT2D eigenvalue weighted by molar-refractivity contribution is 5.36. The highest BCUT2D eigenvalue weighted by Crippen LogP contribution is 2.36. The molecule has 0 bridgehead atoms. The van der Waals surface area contributed by atoms with Crippen LogP contribution in [-0.2, 0) is 0 Å². The SMILES string of the molecule is Cc1cccc(C)c1C(CCC1CC1)NN.